The Kier molecular flexibility index (Phi) is 5.18. The fourth-order valence-corrected chi connectivity index (χ4v) is 1.84. The lowest BCUT2D eigenvalue weighted by atomic mass is 10.1. The van der Waals surface area contributed by atoms with E-state index in [1.54, 1.807) is 0 Å². The predicted molar refractivity (Wildman–Crippen MR) is 79.3 cm³/mol. The minimum absolute atomic E-state index is 0.293. The van der Waals surface area contributed by atoms with Crippen LogP contribution < -0.4 is 5.32 Å². The van der Waals surface area contributed by atoms with Gasteiger partial charge in [-0.3, -0.25) is 0 Å². The molecule has 0 unspecified atom stereocenters. The first-order chi connectivity index (χ1) is 9.78. The largest absolute Gasteiger partial charge is 0.445 e. The molecule has 0 atom stereocenters. The summed E-state index contributed by atoms with van der Waals surface area (Å²) >= 11 is 0. The number of alkyl carbamates (subject to hydrolysis) is 1. The summed E-state index contributed by atoms with van der Waals surface area (Å²) in [5, 5.41) is 2.75. The maximum Gasteiger partial charge on any atom is 0.407 e. The van der Waals surface area contributed by atoms with Crippen LogP contribution in [0.25, 0.3) is 0 Å². The standard InChI is InChI=1S/C17H19NO2/c1-2-14-8-10-15(11-9-14)12-18-17(19)20-13-16-6-4-3-5-7-16/h3-11H,2,12-13H2,1H3,(H,18,19). The Labute approximate surface area is 119 Å². The summed E-state index contributed by atoms with van der Waals surface area (Å²) in [6.07, 6.45) is 0.626. The minimum atomic E-state index is -0.395. The fraction of sp³-hybridized carbons (Fsp3) is 0.235. The highest BCUT2D eigenvalue weighted by molar-refractivity contribution is 5.67. The second kappa shape index (κ2) is 7.34. The van der Waals surface area contributed by atoms with Crippen LogP contribution in [0.1, 0.15) is 23.6 Å². The van der Waals surface area contributed by atoms with Crippen molar-refractivity contribution in [2.75, 3.05) is 0 Å². The molecule has 0 fully saturated rings. The number of aryl methyl sites for hydroxylation is 1. The molecule has 0 heterocycles. The molecule has 0 aliphatic rings. The minimum Gasteiger partial charge on any atom is -0.445 e. The summed E-state index contributed by atoms with van der Waals surface area (Å²) in [5.74, 6) is 0. The Hall–Kier alpha value is -2.29. The van der Waals surface area contributed by atoms with E-state index in [2.05, 4.69) is 24.4 Å². The molecule has 2 rings (SSSR count). The Morgan fingerprint density at radius 3 is 2.25 bits per heavy atom. The van der Waals surface area contributed by atoms with Gasteiger partial charge in [-0.05, 0) is 23.1 Å². The number of hydrogen-bond donors (Lipinski definition) is 1. The zero-order valence-electron chi connectivity index (χ0n) is 11.6. The molecule has 0 aliphatic heterocycles. The average Bonchev–Trinajstić information content (AvgIpc) is 2.52. The molecule has 0 saturated carbocycles. The molecule has 0 spiro atoms. The van der Waals surface area contributed by atoms with Gasteiger partial charge in [-0.25, -0.2) is 4.79 Å². The van der Waals surface area contributed by atoms with Crippen molar-refractivity contribution in [1.29, 1.82) is 0 Å². The van der Waals surface area contributed by atoms with Gasteiger partial charge < -0.3 is 10.1 Å². The number of carbonyl (C=O) groups is 1. The van der Waals surface area contributed by atoms with Gasteiger partial charge in [0.1, 0.15) is 6.61 Å². The number of benzene rings is 2. The van der Waals surface area contributed by atoms with Crippen LogP contribution in [0.5, 0.6) is 0 Å². The number of amides is 1. The van der Waals surface area contributed by atoms with Crippen molar-refractivity contribution < 1.29 is 9.53 Å². The van der Waals surface area contributed by atoms with E-state index >= 15 is 0 Å². The third-order valence-corrected chi connectivity index (χ3v) is 3.08. The second-order valence-electron chi connectivity index (χ2n) is 4.59. The van der Waals surface area contributed by atoms with Gasteiger partial charge in [0.25, 0.3) is 0 Å². The number of rotatable bonds is 5. The van der Waals surface area contributed by atoms with Gasteiger partial charge in [-0.2, -0.15) is 0 Å². The smallest absolute Gasteiger partial charge is 0.407 e. The van der Waals surface area contributed by atoms with Gasteiger partial charge in [0.2, 0.25) is 0 Å². The first kappa shape index (κ1) is 14.1. The van der Waals surface area contributed by atoms with Crippen LogP contribution in [-0.4, -0.2) is 6.09 Å². The molecule has 0 aromatic heterocycles. The maximum atomic E-state index is 11.6. The zero-order valence-corrected chi connectivity index (χ0v) is 11.6. The van der Waals surface area contributed by atoms with E-state index in [1.807, 2.05) is 42.5 Å². The average molecular weight is 269 g/mol. The van der Waals surface area contributed by atoms with E-state index in [1.165, 1.54) is 5.56 Å². The van der Waals surface area contributed by atoms with Crippen molar-refractivity contribution in [3.63, 3.8) is 0 Å². The highest BCUT2D eigenvalue weighted by Crippen LogP contribution is 2.05. The molecular weight excluding hydrogens is 250 g/mol. The molecule has 0 radical (unpaired) electrons. The SMILES string of the molecule is CCc1ccc(CNC(=O)OCc2ccccc2)cc1. The van der Waals surface area contributed by atoms with Gasteiger partial charge >= 0.3 is 6.09 Å². The molecule has 104 valence electrons. The first-order valence-electron chi connectivity index (χ1n) is 6.80. The molecule has 20 heavy (non-hydrogen) atoms. The topological polar surface area (TPSA) is 38.3 Å². The van der Waals surface area contributed by atoms with Crippen LogP contribution >= 0.6 is 0 Å². The molecule has 0 saturated heterocycles. The molecule has 3 nitrogen and oxygen atoms in total. The molecule has 1 amide bonds. The van der Waals surface area contributed by atoms with Crippen LogP contribution in [0.4, 0.5) is 4.79 Å². The highest BCUT2D eigenvalue weighted by atomic mass is 16.5. The van der Waals surface area contributed by atoms with E-state index in [0.717, 1.165) is 17.5 Å². The number of ether oxygens (including phenoxy) is 1. The van der Waals surface area contributed by atoms with Crippen molar-refractivity contribution in [2.45, 2.75) is 26.5 Å². The van der Waals surface area contributed by atoms with Crippen molar-refractivity contribution in [3.05, 3.63) is 71.3 Å². The number of hydrogen-bond acceptors (Lipinski definition) is 2. The van der Waals surface area contributed by atoms with Gasteiger partial charge in [-0.1, -0.05) is 61.5 Å². The lowest BCUT2D eigenvalue weighted by molar-refractivity contribution is 0.139. The fourth-order valence-electron chi connectivity index (χ4n) is 1.84. The first-order valence-corrected chi connectivity index (χ1v) is 6.80. The summed E-state index contributed by atoms with van der Waals surface area (Å²) in [7, 11) is 0. The highest BCUT2D eigenvalue weighted by Gasteiger charge is 2.02. The van der Waals surface area contributed by atoms with E-state index in [9.17, 15) is 4.79 Å². The Morgan fingerprint density at radius 1 is 0.950 bits per heavy atom. The number of carbonyl (C=O) groups excluding carboxylic acids is 1. The zero-order chi connectivity index (χ0) is 14.2. The normalized spacial score (nSPS) is 10.1. The molecule has 3 heteroatoms. The van der Waals surface area contributed by atoms with Crippen LogP contribution in [0.3, 0.4) is 0 Å². The van der Waals surface area contributed by atoms with Crippen LogP contribution in [0.2, 0.25) is 0 Å². The monoisotopic (exact) mass is 269 g/mol. The summed E-state index contributed by atoms with van der Waals surface area (Å²) in [6, 6.07) is 17.8. The Balaban J connectivity index is 1.74. The molecule has 2 aromatic rings. The molecule has 1 N–H and O–H groups in total. The summed E-state index contributed by atoms with van der Waals surface area (Å²) in [5.41, 5.74) is 3.34. The van der Waals surface area contributed by atoms with Crippen LogP contribution in [0, 0.1) is 0 Å². The van der Waals surface area contributed by atoms with Crippen LogP contribution in [-0.2, 0) is 24.3 Å². The molecule has 0 aliphatic carbocycles. The third kappa shape index (κ3) is 4.43. The number of nitrogens with one attached hydrogen (secondary N) is 1. The molecule has 2 aromatic carbocycles. The summed E-state index contributed by atoms with van der Waals surface area (Å²) in [4.78, 5) is 11.6. The van der Waals surface area contributed by atoms with Gasteiger partial charge in [0.05, 0.1) is 0 Å². The summed E-state index contributed by atoms with van der Waals surface area (Å²) < 4.78 is 5.14. The van der Waals surface area contributed by atoms with E-state index in [4.69, 9.17) is 4.74 Å². The van der Waals surface area contributed by atoms with Crippen molar-refractivity contribution in [3.8, 4) is 0 Å². The molecule has 0 bridgehead atoms. The van der Waals surface area contributed by atoms with Gasteiger partial charge in [0.15, 0.2) is 0 Å². The van der Waals surface area contributed by atoms with Crippen molar-refractivity contribution >= 4 is 6.09 Å². The van der Waals surface area contributed by atoms with Gasteiger partial charge in [-0.15, -0.1) is 0 Å². The Morgan fingerprint density at radius 2 is 1.60 bits per heavy atom. The van der Waals surface area contributed by atoms with Gasteiger partial charge in [0, 0.05) is 6.54 Å². The van der Waals surface area contributed by atoms with E-state index in [0.29, 0.717) is 13.2 Å². The van der Waals surface area contributed by atoms with Crippen LogP contribution in [0.15, 0.2) is 54.6 Å². The maximum absolute atomic E-state index is 11.6. The third-order valence-electron chi connectivity index (χ3n) is 3.08. The van der Waals surface area contributed by atoms with E-state index in [-0.39, 0.29) is 0 Å². The quantitative estimate of drug-likeness (QED) is 0.899. The van der Waals surface area contributed by atoms with Crippen molar-refractivity contribution in [2.24, 2.45) is 0 Å². The summed E-state index contributed by atoms with van der Waals surface area (Å²) in [6.45, 7) is 2.90. The van der Waals surface area contributed by atoms with E-state index < -0.39 is 6.09 Å². The lowest BCUT2D eigenvalue weighted by Crippen LogP contribution is -2.23. The molecular formula is C17H19NO2. The second-order valence-corrected chi connectivity index (χ2v) is 4.59. The predicted octanol–water partition coefficient (Wildman–Crippen LogP) is 3.68. The Bertz CT molecular complexity index is 535. The van der Waals surface area contributed by atoms with Crippen molar-refractivity contribution in [1.82, 2.24) is 5.32 Å². The lowest BCUT2D eigenvalue weighted by Gasteiger charge is -2.07.